The largest absolute Gasteiger partial charge is 0.311 e. The van der Waals surface area contributed by atoms with Crippen LogP contribution in [0.3, 0.4) is 0 Å². The van der Waals surface area contributed by atoms with Gasteiger partial charge in [0.1, 0.15) is 0 Å². The van der Waals surface area contributed by atoms with Gasteiger partial charge < -0.3 is 10.6 Å². The van der Waals surface area contributed by atoms with Crippen LogP contribution in [0.4, 0.5) is 0 Å². The van der Waals surface area contributed by atoms with Crippen LogP contribution in [0.25, 0.3) is 10.2 Å². The molecule has 3 nitrogen and oxygen atoms in total. The van der Waals surface area contributed by atoms with Crippen LogP contribution in [0.1, 0.15) is 18.5 Å². The van der Waals surface area contributed by atoms with Crippen molar-refractivity contribution in [3.05, 3.63) is 29.3 Å². The van der Waals surface area contributed by atoms with Gasteiger partial charge >= 0.3 is 0 Å². The number of hydrogen-bond acceptors (Lipinski definition) is 4. The fraction of sp³-hybridized carbons (Fsp3) is 0.417. The number of nitrogens with zero attached hydrogens (tertiary/aromatic N) is 1. The first-order chi connectivity index (χ1) is 7.83. The predicted molar refractivity (Wildman–Crippen MR) is 67.8 cm³/mol. The third-order valence-electron chi connectivity index (χ3n) is 3.10. The van der Waals surface area contributed by atoms with Gasteiger partial charge in [-0.2, -0.15) is 0 Å². The molecule has 84 valence electrons. The number of aromatic nitrogens is 1. The van der Waals surface area contributed by atoms with Crippen molar-refractivity contribution in [2.75, 3.05) is 13.1 Å². The third kappa shape index (κ3) is 1.84. The zero-order valence-electron chi connectivity index (χ0n) is 9.23. The number of hydrogen-bond donors (Lipinski definition) is 2. The van der Waals surface area contributed by atoms with Gasteiger partial charge in [0, 0.05) is 25.2 Å². The van der Waals surface area contributed by atoms with E-state index in [-0.39, 0.29) is 0 Å². The van der Waals surface area contributed by atoms with Gasteiger partial charge in [0.05, 0.1) is 15.7 Å². The van der Waals surface area contributed by atoms with E-state index < -0.39 is 0 Å². The van der Waals surface area contributed by atoms with Crippen molar-refractivity contribution >= 4 is 21.6 Å². The zero-order valence-corrected chi connectivity index (χ0v) is 10.1. The quantitative estimate of drug-likeness (QED) is 0.790. The average Bonchev–Trinajstić information content (AvgIpc) is 2.77. The Morgan fingerprint density at radius 1 is 1.31 bits per heavy atom. The van der Waals surface area contributed by atoms with Crippen LogP contribution < -0.4 is 10.6 Å². The van der Waals surface area contributed by atoms with Gasteiger partial charge in [-0.1, -0.05) is 6.07 Å². The lowest BCUT2D eigenvalue weighted by Gasteiger charge is -2.29. The van der Waals surface area contributed by atoms with Gasteiger partial charge in [-0.3, -0.25) is 0 Å². The summed E-state index contributed by atoms with van der Waals surface area (Å²) in [4.78, 5) is 4.36. The van der Waals surface area contributed by atoms with E-state index in [1.807, 2.05) is 5.51 Å². The Bertz CT molecular complexity index is 486. The first-order valence-electron chi connectivity index (χ1n) is 5.63. The maximum Gasteiger partial charge on any atom is 0.0815 e. The maximum atomic E-state index is 4.36. The van der Waals surface area contributed by atoms with E-state index in [0.29, 0.717) is 12.1 Å². The summed E-state index contributed by atoms with van der Waals surface area (Å²) in [5.41, 5.74) is 4.35. The normalized spacial score (nSPS) is 26.1. The molecule has 4 heteroatoms. The predicted octanol–water partition coefficient (Wildman–Crippen LogP) is 1.92. The van der Waals surface area contributed by atoms with Gasteiger partial charge in [0.2, 0.25) is 0 Å². The van der Waals surface area contributed by atoms with Gasteiger partial charge in [-0.15, -0.1) is 11.3 Å². The molecule has 0 unspecified atom stereocenters. The summed E-state index contributed by atoms with van der Waals surface area (Å²) in [6.07, 6.45) is 0. The van der Waals surface area contributed by atoms with Crippen LogP contribution in [0.15, 0.2) is 23.7 Å². The molecule has 1 aromatic carbocycles. The molecule has 2 heterocycles. The van der Waals surface area contributed by atoms with Gasteiger partial charge in [-0.05, 0) is 24.6 Å². The van der Waals surface area contributed by atoms with E-state index in [2.05, 4.69) is 40.7 Å². The van der Waals surface area contributed by atoms with Crippen LogP contribution in [0.2, 0.25) is 0 Å². The molecule has 0 aliphatic carbocycles. The monoisotopic (exact) mass is 233 g/mol. The summed E-state index contributed by atoms with van der Waals surface area (Å²) in [5, 5.41) is 7.05. The number of piperazine rings is 1. The van der Waals surface area contributed by atoms with E-state index in [1.165, 1.54) is 10.3 Å². The highest BCUT2D eigenvalue weighted by atomic mass is 32.1. The van der Waals surface area contributed by atoms with E-state index in [4.69, 9.17) is 0 Å². The smallest absolute Gasteiger partial charge is 0.0815 e. The molecular weight excluding hydrogens is 218 g/mol. The number of fused-ring (bicyclic) bond motifs is 1. The summed E-state index contributed by atoms with van der Waals surface area (Å²) < 4.78 is 1.26. The Morgan fingerprint density at radius 2 is 2.25 bits per heavy atom. The third-order valence-corrected chi connectivity index (χ3v) is 3.91. The number of thiazole rings is 1. The summed E-state index contributed by atoms with van der Waals surface area (Å²) in [6.45, 7) is 4.23. The lowest BCUT2D eigenvalue weighted by molar-refractivity contribution is 0.367. The van der Waals surface area contributed by atoms with Crippen molar-refractivity contribution in [2.45, 2.75) is 19.0 Å². The molecule has 16 heavy (non-hydrogen) atoms. The van der Waals surface area contributed by atoms with Gasteiger partial charge in [0.15, 0.2) is 0 Å². The Balaban J connectivity index is 1.87. The molecular formula is C12H15N3S. The molecule has 2 aromatic rings. The summed E-state index contributed by atoms with van der Waals surface area (Å²) in [6, 6.07) is 7.56. The summed E-state index contributed by atoms with van der Waals surface area (Å²) in [5.74, 6) is 0. The van der Waals surface area contributed by atoms with Crippen molar-refractivity contribution in [3.63, 3.8) is 0 Å². The van der Waals surface area contributed by atoms with E-state index in [0.717, 1.165) is 18.6 Å². The molecule has 1 fully saturated rings. The summed E-state index contributed by atoms with van der Waals surface area (Å²) >= 11 is 1.70. The molecule has 0 spiro atoms. The summed E-state index contributed by atoms with van der Waals surface area (Å²) in [7, 11) is 0. The number of rotatable bonds is 1. The minimum Gasteiger partial charge on any atom is -0.311 e. The average molecular weight is 233 g/mol. The van der Waals surface area contributed by atoms with Crippen molar-refractivity contribution in [3.8, 4) is 0 Å². The molecule has 0 saturated carbocycles. The first kappa shape index (κ1) is 10.2. The Hall–Kier alpha value is -0.970. The molecule has 3 rings (SSSR count). The van der Waals surface area contributed by atoms with Crippen LogP contribution in [0, 0.1) is 0 Å². The van der Waals surface area contributed by atoms with E-state index in [9.17, 15) is 0 Å². The fourth-order valence-electron chi connectivity index (χ4n) is 2.11. The van der Waals surface area contributed by atoms with Crippen LogP contribution >= 0.6 is 11.3 Å². The molecule has 1 aliphatic rings. The molecule has 0 radical (unpaired) electrons. The highest BCUT2D eigenvalue weighted by Crippen LogP contribution is 2.23. The van der Waals surface area contributed by atoms with Gasteiger partial charge in [-0.25, -0.2) is 4.98 Å². The first-order valence-corrected chi connectivity index (χ1v) is 6.51. The minimum atomic E-state index is 0.419. The maximum absolute atomic E-state index is 4.36. The topological polar surface area (TPSA) is 37.0 Å². The van der Waals surface area contributed by atoms with Crippen molar-refractivity contribution in [1.29, 1.82) is 0 Å². The van der Waals surface area contributed by atoms with Crippen LogP contribution in [0.5, 0.6) is 0 Å². The lowest BCUT2D eigenvalue weighted by Crippen LogP contribution is -2.48. The second-order valence-electron chi connectivity index (χ2n) is 4.35. The molecule has 0 amide bonds. The van der Waals surface area contributed by atoms with E-state index >= 15 is 0 Å². The van der Waals surface area contributed by atoms with Crippen molar-refractivity contribution < 1.29 is 0 Å². The fourth-order valence-corrected chi connectivity index (χ4v) is 2.77. The van der Waals surface area contributed by atoms with Crippen molar-refractivity contribution in [2.24, 2.45) is 0 Å². The number of nitrogens with one attached hydrogen (secondary N) is 2. The molecule has 1 aromatic heterocycles. The van der Waals surface area contributed by atoms with Gasteiger partial charge in [0.25, 0.3) is 0 Å². The Kier molecular flexibility index (Phi) is 2.63. The highest BCUT2D eigenvalue weighted by molar-refractivity contribution is 7.16. The molecule has 2 N–H and O–H groups in total. The Labute approximate surface area is 98.9 Å². The minimum absolute atomic E-state index is 0.419. The number of benzene rings is 1. The van der Waals surface area contributed by atoms with Crippen LogP contribution in [-0.2, 0) is 0 Å². The van der Waals surface area contributed by atoms with Crippen molar-refractivity contribution in [1.82, 2.24) is 15.6 Å². The zero-order chi connectivity index (χ0) is 11.0. The SMILES string of the molecule is C[C@H]1CN[C@H](c2ccc3scnc3c2)CN1. The highest BCUT2D eigenvalue weighted by Gasteiger charge is 2.18. The second-order valence-corrected chi connectivity index (χ2v) is 5.24. The second kappa shape index (κ2) is 4.13. The molecule has 2 atom stereocenters. The standard InChI is InChI=1S/C12H15N3S/c1-8-5-14-11(6-13-8)9-2-3-12-10(4-9)15-7-16-12/h2-4,7-8,11,13-14H,5-6H2,1H3/t8-,11-/m0/s1. The molecule has 1 saturated heterocycles. The van der Waals surface area contributed by atoms with E-state index in [1.54, 1.807) is 11.3 Å². The molecule has 1 aliphatic heterocycles. The Morgan fingerprint density at radius 3 is 3.06 bits per heavy atom. The lowest BCUT2D eigenvalue weighted by atomic mass is 10.0. The van der Waals surface area contributed by atoms with Crippen LogP contribution in [-0.4, -0.2) is 24.1 Å². The molecule has 0 bridgehead atoms.